The van der Waals surface area contributed by atoms with Gasteiger partial charge in [-0.3, -0.25) is 0 Å². The molecule has 0 aliphatic rings. The first-order valence-electron chi connectivity index (χ1n) is 6.46. The Bertz CT molecular complexity index is 491. The molecule has 19 heavy (non-hydrogen) atoms. The van der Waals surface area contributed by atoms with Gasteiger partial charge in [0.1, 0.15) is 5.82 Å². The molecule has 0 fully saturated rings. The molecular weight excluding hydrogens is 242 g/mol. The lowest BCUT2D eigenvalue weighted by Gasteiger charge is -2.03. The average molecular weight is 263 g/mol. The summed E-state index contributed by atoms with van der Waals surface area (Å²) in [6, 6.07) is 0. The summed E-state index contributed by atoms with van der Waals surface area (Å²) in [7, 11) is 3.72. The molecule has 0 amide bonds. The Balaban J connectivity index is 1.76. The van der Waals surface area contributed by atoms with Crippen LogP contribution in [0.15, 0.2) is 24.9 Å². The molecule has 0 bridgehead atoms. The summed E-state index contributed by atoms with van der Waals surface area (Å²) in [5, 5.41) is 3.28. The van der Waals surface area contributed by atoms with Crippen LogP contribution in [-0.2, 0) is 31.3 Å². The highest BCUT2D eigenvalue weighted by Crippen LogP contribution is 2.01. The molecule has 6 nitrogen and oxygen atoms in total. The molecule has 0 saturated heterocycles. The second-order valence-electron chi connectivity index (χ2n) is 4.48. The fourth-order valence-corrected chi connectivity index (χ4v) is 1.88. The Morgan fingerprint density at radius 1 is 1.37 bits per heavy atom. The van der Waals surface area contributed by atoms with Crippen molar-refractivity contribution in [3.8, 4) is 0 Å². The van der Waals surface area contributed by atoms with Gasteiger partial charge in [-0.15, -0.1) is 0 Å². The Hall–Kier alpha value is -1.66. The Labute approximate surface area is 113 Å². The van der Waals surface area contributed by atoms with Crippen molar-refractivity contribution < 1.29 is 4.74 Å². The number of ether oxygens (including phenoxy) is 1. The second kappa shape index (κ2) is 7.06. The van der Waals surface area contributed by atoms with E-state index in [1.165, 1.54) is 0 Å². The number of aryl methyl sites for hydroxylation is 3. The number of nitrogens with one attached hydrogen (secondary N) is 1. The van der Waals surface area contributed by atoms with Crippen molar-refractivity contribution in [2.24, 2.45) is 7.05 Å². The average Bonchev–Trinajstić information content (AvgIpc) is 3.01. The maximum atomic E-state index is 4.98. The molecule has 0 atom stereocenters. The lowest BCUT2D eigenvalue weighted by Crippen LogP contribution is -2.18. The van der Waals surface area contributed by atoms with Gasteiger partial charge in [-0.25, -0.2) is 9.97 Å². The van der Waals surface area contributed by atoms with Gasteiger partial charge in [-0.05, 0) is 0 Å². The summed E-state index contributed by atoms with van der Waals surface area (Å²) >= 11 is 0. The number of aromatic nitrogens is 4. The largest absolute Gasteiger partial charge is 0.383 e. The van der Waals surface area contributed by atoms with E-state index < -0.39 is 0 Å². The van der Waals surface area contributed by atoms with Gasteiger partial charge in [-0.2, -0.15) is 0 Å². The van der Waals surface area contributed by atoms with E-state index in [9.17, 15) is 0 Å². The summed E-state index contributed by atoms with van der Waals surface area (Å²) in [6.45, 7) is 3.24. The van der Waals surface area contributed by atoms with Crippen molar-refractivity contribution in [2.75, 3.05) is 20.3 Å². The van der Waals surface area contributed by atoms with Gasteiger partial charge in [-0.1, -0.05) is 0 Å². The fraction of sp³-hybridized carbons (Fsp3) is 0.538. The molecule has 1 N–H and O–H groups in total. The Morgan fingerprint density at radius 2 is 2.26 bits per heavy atom. The summed E-state index contributed by atoms with van der Waals surface area (Å²) in [4.78, 5) is 8.68. The molecule has 0 aliphatic carbocycles. The third-order valence-electron chi connectivity index (χ3n) is 2.99. The van der Waals surface area contributed by atoms with E-state index in [1.807, 2.05) is 30.3 Å². The van der Waals surface area contributed by atoms with Crippen molar-refractivity contribution in [1.82, 2.24) is 24.4 Å². The Kier molecular flexibility index (Phi) is 5.11. The third-order valence-corrected chi connectivity index (χ3v) is 2.99. The maximum absolute atomic E-state index is 4.98. The quantitative estimate of drug-likeness (QED) is 0.708. The highest BCUT2D eigenvalue weighted by molar-refractivity contribution is 4.97. The molecule has 0 radical (unpaired) electrons. The minimum Gasteiger partial charge on any atom is -0.383 e. The molecular formula is C13H21N5O. The first-order valence-corrected chi connectivity index (χ1v) is 6.46. The molecule has 2 rings (SSSR count). The molecule has 2 aromatic heterocycles. The molecule has 104 valence electrons. The molecule has 0 saturated carbocycles. The topological polar surface area (TPSA) is 56.9 Å². The van der Waals surface area contributed by atoms with Crippen LogP contribution in [0.1, 0.15) is 11.5 Å². The predicted octanol–water partition coefficient (Wildman–Crippen LogP) is 0.595. The first kappa shape index (κ1) is 13.8. The minimum atomic E-state index is 0.722. The van der Waals surface area contributed by atoms with Gasteiger partial charge in [0.2, 0.25) is 0 Å². The van der Waals surface area contributed by atoms with Crippen molar-refractivity contribution in [2.45, 2.75) is 19.5 Å². The van der Waals surface area contributed by atoms with Crippen LogP contribution in [0, 0.1) is 0 Å². The fourth-order valence-electron chi connectivity index (χ4n) is 1.88. The van der Waals surface area contributed by atoms with E-state index >= 15 is 0 Å². The van der Waals surface area contributed by atoms with Crippen molar-refractivity contribution in [3.63, 3.8) is 0 Å². The van der Waals surface area contributed by atoms with Crippen LogP contribution in [0.25, 0.3) is 0 Å². The first-order chi connectivity index (χ1) is 9.29. The lowest BCUT2D eigenvalue weighted by atomic mass is 10.4. The number of methoxy groups -OCH3 is 1. The molecule has 2 aromatic rings. The minimum absolute atomic E-state index is 0.722. The predicted molar refractivity (Wildman–Crippen MR) is 72.7 cm³/mol. The molecule has 0 spiro atoms. The number of imidazole rings is 2. The van der Waals surface area contributed by atoms with Gasteiger partial charge in [0.25, 0.3) is 0 Å². The number of nitrogens with zero attached hydrogens (tertiary/aromatic N) is 4. The van der Waals surface area contributed by atoms with Crippen LogP contribution < -0.4 is 5.32 Å². The maximum Gasteiger partial charge on any atom is 0.110 e. The Morgan fingerprint density at radius 3 is 3.00 bits per heavy atom. The second-order valence-corrected chi connectivity index (χ2v) is 4.48. The van der Waals surface area contributed by atoms with Crippen LogP contribution in [0.4, 0.5) is 0 Å². The van der Waals surface area contributed by atoms with Gasteiger partial charge >= 0.3 is 0 Å². The van der Waals surface area contributed by atoms with Crippen LogP contribution in [0.5, 0.6) is 0 Å². The van der Waals surface area contributed by atoms with Crippen molar-refractivity contribution >= 4 is 0 Å². The van der Waals surface area contributed by atoms with Gasteiger partial charge < -0.3 is 19.2 Å². The third kappa shape index (κ3) is 4.18. The van der Waals surface area contributed by atoms with Gasteiger partial charge in [0.15, 0.2) is 0 Å². The van der Waals surface area contributed by atoms with E-state index in [-0.39, 0.29) is 0 Å². The SMILES string of the molecule is COCCNCc1cn(CCc2nccn2C)cn1. The van der Waals surface area contributed by atoms with Gasteiger partial charge in [0, 0.05) is 58.8 Å². The van der Waals surface area contributed by atoms with Crippen LogP contribution in [0.3, 0.4) is 0 Å². The molecule has 2 heterocycles. The molecule has 6 heteroatoms. The van der Waals surface area contributed by atoms with Crippen LogP contribution in [-0.4, -0.2) is 39.4 Å². The standard InChI is InChI=1S/C13H21N5O/c1-17-7-4-15-13(17)3-6-18-10-12(16-11-18)9-14-5-8-19-2/h4,7,10-11,14H,3,5-6,8-9H2,1-2H3. The van der Waals surface area contributed by atoms with E-state index in [0.717, 1.165) is 44.2 Å². The zero-order valence-corrected chi connectivity index (χ0v) is 11.5. The van der Waals surface area contributed by atoms with E-state index in [4.69, 9.17) is 4.74 Å². The molecule has 0 aliphatic heterocycles. The highest BCUT2D eigenvalue weighted by atomic mass is 16.5. The van der Waals surface area contributed by atoms with Crippen LogP contribution in [0.2, 0.25) is 0 Å². The summed E-state index contributed by atoms with van der Waals surface area (Å²) < 4.78 is 9.12. The van der Waals surface area contributed by atoms with Crippen molar-refractivity contribution in [1.29, 1.82) is 0 Å². The summed E-state index contributed by atoms with van der Waals surface area (Å²) in [5.41, 5.74) is 1.05. The number of hydrogen-bond acceptors (Lipinski definition) is 4. The van der Waals surface area contributed by atoms with E-state index in [1.54, 1.807) is 7.11 Å². The molecule has 0 unspecified atom stereocenters. The van der Waals surface area contributed by atoms with E-state index in [0.29, 0.717) is 0 Å². The number of rotatable bonds is 8. The summed E-state index contributed by atoms with van der Waals surface area (Å²) in [6.07, 6.45) is 8.65. The van der Waals surface area contributed by atoms with E-state index in [2.05, 4.69) is 26.0 Å². The summed E-state index contributed by atoms with van der Waals surface area (Å²) in [5.74, 6) is 1.09. The zero-order chi connectivity index (χ0) is 13.5. The lowest BCUT2D eigenvalue weighted by molar-refractivity contribution is 0.199. The van der Waals surface area contributed by atoms with Gasteiger partial charge in [0.05, 0.1) is 18.6 Å². The van der Waals surface area contributed by atoms with Crippen LogP contribution >= 0.6 is 0 Å². The monoisotopic (exact) mass is 263 g/mol. The van der Waals surface area contributed by atoms with Crippen molar-refractivity contribution in [3.05, 3.63) is 36.4 Å². The zero-order valence-electron chi connectivity index (χ0n) is 11.5. The molecule has 0 aromatic carbocycles. The normalized spacial score (nSPS) is 11.1. The smallest absolute Gasteiger partial charge is 0.110 e. The number of hydrogen-bond donors (Lipinski definition) is 1. The highest BCUT2D eigenvalue weighted by Gasteiger charge is 2.02.